The van der Waals surface area contributed by atoms with Gasteiger partial charge in [-0.05, 0) is 43.7 Å². The van der Waals surface area contributed by atoms with Crippen molar-refractivity contribution in [3.05, 3.63) is 96.6 Å². The molecule has 5 rings (SSSR count). The summed E-state index contributed by atoms with van der Waals surface area (Å²) >= 11 is 0. The predicted molar refractivity (Wildman–Crippen MR) is 140 cm³/mol. The Balaban J connectivity index is 1.25. The molecule has 13 heteroatoms. The third-order valence-electron chi connectivity index (χ3n) is 7.84. The van der Waals surface area contributed by atoms with Crippen LogP contribution in [0.1, 0.15) is 38.2 Å². The summed E-state index contributed by atoms with van der Waals surface area (Å²) in [6, 6.07) is 5.10. The third kappa shape index (κ3) is 5.75. The second kappa shape index (κ2) is 10.9. The fourth-order valence-corrected chi connectivity index (χ4v) is 5.39. The normalized spacial score (nSPS) is 26.7. The van der Waals surface area contributed by atoms with Gasteiger partial charge in [0.25, 0.3) is 11.2 Å². The van der Waals surface area contributed by atoms with E-state index in [1.165, 1.54) is 24.3 Å². The van der Waals surface area contributed by atoms with Gasteiger partial charge in [0.2, 0.25) is 5.82 Å². The number of hydrogen-bond acceptors (Lipinski definition) is 9. The van der Waals surface area contributed by atoms with Crippen molar-refractivity contribution in [3.63, 3.8) is 0 Å². The summed E-state index contributed by atoms with van der Waals surface area (Å²) in [5.41, 5.74) is -1.15. The first-order valence-corrected chi connectivity index (χ1v) is 13.1. The van der Waals surface area contributed by atoms with Crippen LogP contribution in [0, 0.1) is 21.8 Å². The summed E-state index contributed by atoms with van der Waals surface area (Å²) in [5, 5.41) is 10.9. The maximum atomic E-state index is 14.4. The average molecular weight is 570 g/mol. The van der Waals surface area contributed by atoms with Crippen molar-refractivity contribution in [2.45, 2.75) is 63.5 Å². The molecule has 12 nitrogen and oxygen atoms in total. The Morgan fingerprint density at radius 1 is 1.27 bits per heavy atom. The molecule has 0 saturated carbocycles. The van der Waals surface area contributed by atoms with E-state index in [0.717, 1.165) is 10.1 Å². The Morgan fingerprint density at radius 2 is 2.00 bits per heavy atom. The van der Waals surface area contributed by atoms with Crippen molar-refractivity contribution >= 4 is 17.6 Å². The number of carbonyl (C=O) groups excluding carboxylic acids is 2. The lowest BCUT2D eigenvalue weighted by atomic mass is 9.84. The van der Waals surface area contributed by atoms with Gasteiger partial charge in [0.15, 0.2) is 0 Å². The number of allylic oxidation sites excluding steroid dienone is 1. The molecule has 0 spiro atoms. The summed E-state index contributed by atoms with van der Waals surface area (Å²) < 4.78 is 32.6. The first-order valence-electron chi connectivity index (χ1n) is 13.1. The van der Waals surface area contributed by atoms with Gasteiger partial charge in [-0.25, -0.2) is 9.59 Å². The van der Waals surface area contributed by atoms with Crippen molar-refractivity contribution in [3.8, 4) is 0 Å². The van der Waals surface area contributed by atoms with Gasteiger partial charge in [-0.3, -0.25) is 28.8 Å². The smallest absolute Gasteiger partial charge is 0.334 e. The molecule has 4 atom stereocenters. The van der Waals surface area contributed by atoms with Gasteiger partial charge in [-0.15, -0.1) is 0 Å². The fraction of sp³-hybridized carbons (Fsp3) is 0.429. The Bertz CT molecular complexity index is 1580. The number of nitro benzene ring substituents is 1. The third-order valence-corrected chi connectivity index (χ3v) is 7.84. The van der Waals surface area contributed by atoms with Crippen molar-refractivity contribution in [1.29, 1.82) is 0 Å². The molecule has 41 heavy (non-hydrogen) atoms. The molecule has 0 unspecified atom stereocenters. The Labute approximate surface area is 232 Å². The minimum absolute atomic E-state index is 0.0713. The van der Waals surface area contributed by atoms with Crippen LogP contribution >= 0.6 is 0 Å². The molecular weight excluding hydrogens is 541 g/mol. The van der Waals surface area contributed by atoms with Crippen molar-refractivity contribution < 1.29 is 33.1 Å². The van der Waals surface area contributed by atoms with Crippen LogP contribution in [0.25, 0.3) is 0 Å². The SMILES string of the molecule is C=C1C(=O)O[C@H]2[C@H]1CC/C(COC(=O)Cn1cc(F)c(=O)n(Cc3ccc([N+](=O)[O-])cc3)c1=O)=C\CC[C@@]1(C)O[C@@H]21. The first kappa shape index (κ1) is 28.1. The number of esters is 2. The number of epoxide rings is 1. The lowest BCUT2D eigenvalue weighted by Crippen LogP contribution is -2.42. The molecule has 3 aliphatic rings. The number of halogens is 1. The van der Waals surface area contributed by atoms with Crippen molar-refractivity contribution in [2.24, 2.45) is 5.92 Å². The number of ether oxygens (including phenoxy) is 3. The van der Waals surface area contributed by atoms with E-state index in [-0.39, 0.29) is 30.9 Å². The summed E-state index contributed by atoms with van der Waals surface area (Å²) in [6.07, 6.45) is 4.45. The summed E-state index contributed by atoms with van der Waals surface area (Å²) in [5.74, 6) is -2.71. The van der Waals surface area contributed by atoms with Gasteiger partial charge in [0.1, 0.15) is 25.4 Å². The molecule has 2 aromatic rings. The number of carbonyl (C=O) groups is 2. The van der Waals surface area contributed by atoms with E-state index in [9.17, 15) is 33.7 Å². The van der Waals surface area contributed by atoms with Crippen LogP contribution in [-0.2, 0) is 36.9 Å². The molecule has 0 radical (unpaired) electrons. The topological polar surface area (TPSA) is 152 Å². The molecule has 2 saturated heterocycles. The fourth-order valence-electron chi connectivity index (χ4n) is 5.39. The monoisotopic (exact) mass is 569 g/mol. The van der Waals surface area contributed by atoms with Crippen LogP contribution in [0.5, 0.6) is 0 Å². The zero-order valence-electron chi connectivity index (χ0n) is 22.2. The highest BCUT2D eigenvalue weighted by molar-refractivity contribution is 5.91. The number of aromatic nitrogens is 2. The standard InChI is InChI=1S/C28H28FN3O9/c1-16-20-10-7-18(4-3-11-28(2)24(41-28)23(20)40-26(16)35)15-39-22(33)14-30-13-21(29)25(34)31(27(30)36)12-17-5-8-19(9-6-17)32(37)38/h4-6,8-9,13,20,23-24H,1,3,7,10-12,14-15H2,2H3/b18-4+/t20-,23-,24-,28+/m0/s1. The lowest BCUT2D eigenvalue weighted by molar-refractivity contribution is -0.384. The molecule has 1 aromatic heterocycles. The van der Waals surface area contributed by atoms with Gasteiger partial charge in [0, 0.05) is 23.6 Å². The van der Waals surface area contributed by atoms with Crippen LogP contribution in [0.4, 0.5) is 10.1 Å². The molecule has 2 aliphatic heterocycles. The molecular formula is C28H28FN3O9. The Hall–Kier alpha value is -4.39. The number of fused-ring (bicyclic) bond motifs is 3. The summed E-state index contributed by atoms with van der Waals surface area (Å²) in [7, 11) is 0. The van der Waals surface area contributed by atoms with Gasteiger partial charge in [-0.1, -0.05) is 24.8 Å². The van der Waals surface area contributed by atoms with Crippen LogP contribution in [-0.4, -0.2) is 50.4 Å². The Morgan fingerprint density at radius 3 is 2.71 bits per heavy atom. The second-order valence-electron chi connectivity index (χ2n) is 10.7. The maximum Gasteiger partial charge on any atom is 0.334 e. The molecule has 0 N–H and O–H groups in total. The van der Waals surface area contributed by atoms with Gasteiger partial charge in [0.05, 0.1) is 23.3 Å². The lowest BCUT2D eigenvalue weighted by Gasteiger charge is -2.20. The quantitative estimate of drug-likeness (QED) is 0.122. The van der Waals surface area contributed by atoms with Crippen LogP contribution in [0.3, 0.4) is 0 Å². The zero-order valence-corrected chi connectivity index (χ0v) is 22.2. The second-order valence-corrected chi connectivity index (χ2v) is 10.7. The van der Waals surface area contributed by atoms with E-state index in [4.69, 9.17) is 14.2 Å². The Kier molecular flexibility index (Phi) is 7.47. The molecule has 0 bridgehead atoms. The van der Waals surface area contributed by atoms with E-state index in [0.29, 0.717) is 47.6 Å². The van der Waals surface area contributed by atoms with E-state index in [1.54, 1.807) is 0 Å². The highest BCUT2D eigenvalue weighted by Crippen LogP contribution is 2.49. The highest BCUT2D eigenvalue weighted by Gasteiger charge is 2.61. The molecule has 216 valence electrons. The van der Waals surface area contributed by atoms with Crippen LogP contribution < -0.4 is 11.2 Å². The van der Waals surface area contributed by atoms with Crippen molar-refractivity contribution in [1.82, 2.24) is 9.13 Å². The number of benzene rings is 1. The molecule has 2 fully saturated rings. The summed E-state index contributed by atoms with van der Waals surface area (Å²) in [6.45, 7) is 4.80. The van der Waals surface area contributed by atoms with Gasteiger partial charge >= 0.3 is 17.6 Å². The number of non-ortho nitro benzene ring substituents is 1. The van der Waals surface area contributed by atoms with Crippen LogP contribution in [0.2, 0.25) is 0 Å². The summed E-state index contributed by atoms with van der Waals surface area (Å²) in [4.78, 5) is 60.3. The number of hydrogen-bond donors (Lipinski definition) is 0. The molecule has 3 heterocycles. The minimum atomic E-state index is -1.24. The molecule has 1 aliphatic carbocycles. The largest absolute Gasteiger partial charge is 0.460 e. The van der Waals surface area contributed by atoms with E-state index >= 15 is 0 Å². The number of rotatable bonds is 7. The minimum Gasteiger partial charge on any atom is -0.460 e. The van der Waals surface area contributed by atoms with Gasteiger partial charge < -0.3 is 14.2 Å². The van der Waals surface area contributed by atoms with Gasteiger partial charge in [-0.2, -0.15) is 4.39 Å². The first-order chi connectivity index (χ1) is 19.5. The molecule has 1 aromatic carbocycles. The average Bonchev–Trinajstić information content (AvgIpc) is 3.53. The maximum absolute atomic E-state index is 14.4. The predicted octanol–water partition coefficient (Wildman–Crippen LogP) is 2.40. The van der Waals surface area contributed by atoms with E-state index in [1.807, 2.05) is 13.0 Å². The van der Waals surface area contributed by atoms with E-state index < -0.39 is 52.2 Å². The van der Waals surface area contributed by atoms with Crippen molar-refractivity contribution in [2.75, 3.05) is 6.61 Å². The van der Waals surface area contributed by atoms with E-state index in [2.05, 4.69) is 6.58 Å². The highest BCUT2D eigenvalue weighted by atomic mass is 19.1. The number of nitrogens with zero attached hydrogens (tertiary/aromatic N) is 3. The number of nitro groups is 1. The molecule has 0 amide bonds. The zero-order chi connectivity index (χ0) is 29.5. The van der Waals surface area contributed by atoms with Crippen LogP contribution in [0.15, 0.2) is 63.9 Å².